The van der Waals surface area contributed by atoms with Crippen LogP contribution >= 0.6 is 0 Å². The van der Waals surface area contributed by atoms with Gasteiger partial charge >= 0.3 is 0 Å². The zero-order valence-corrected chi connectivity index (χ0v) is 9.84. The first-order valence-electron chi connectivity index (χ1n) is 5.99. The third-order valence-electron chi connectivity index (χ3n) is 2.77. The van der Waals surface area contributed by atoms with Crippen molar-refractivity contribution in [3.8, 4) is 0 Å². The van der Waals surface area contributed by atoms with Crippen LogP contribution in [0.2, 0.25) is 0 Å². The number of aliphatic hydroxyl groups excluding tert-OH is 1. The predicted molar refractivity (Wildman–Crippen MR) is 64.8 cm³/mol. The number of morpholine rings is 1. The molecule has 17 heavy (non-hydrogen) atoms. The van der Waals surface area contributed by atoms with Crippen molar-refractivity contribution in [3.63, 3.8) is 0 Å². The molecule has 1 aromatic carbocycles. The maximum atomic E-state index is 9.87. The largest absolute Gasteiger partial charge is 0.386 e. The SMILES string of the molecule is O[C@@H](COC[C@H]1CNCCO1)c1ccccc1. The first kappa shape index (κ1) is 12.5. The van der Waals surface area contributed by atoms with E-state index in [4.69, 9.17) is 9.47 Å². The van der Waals surface area contributed by atoms with Crippen molar-refractivity contribution < 1.29 is 14.6 Å². The van der Waals surface area contributed by atoms with Crippen molar-refractivity contribution in [1.82, 2.24) is 5.32 Å². The monoisotopic (exact) mass is 237 g/mol. The molecule has 1 fully saturated rings. The highest BCUT2D eigenvalue weighted by Gasteiger charge is 2.14. The minimum Gasteiger partial charge on any atom is -0.386 e. The van der Waals surface area contributed by atoms with Crippen LogP contribution in [0.15, 0.2) is 30.3 Å². The van der Waals surface area contributed by atoms with E-state index < -0.39 is 6.10 Å². The van der Waals surface area contributed by atoms with Gasteiger partial charge in [-0.1, -0.05) is 30.3 Å². The number of nitrogens with one attached hydrogen (secondary N) is 1. The van der Waals surface area contributed by atoms with Gasteiger partial charge in [-0.3, -0.25) is 0 Å². The quantitative estimate of drug-likeness (QED) is 0.792. The summed E-state index contributed by atoms with van der Waals surface area (Å²) in [6.45, 7) is 3.29. The van der Waals surface area contributed by atoms with Gasteiger partial charge < -0.3 is 19.9 Å². The van der Waals surface area contributed by atoms with Crippen LogP contribution in [0.1, 0.15) is 11.7 Å². The van der Waals surface area contributed by atoms with Gasteiger partial charge in [0.25, 0.3) is 0 Å². The summed E-state index contributed by atoms with van der Waals surface area (Å²) in [5.41, 5.74) is 0.884. The number of hydrogen-bond donors (Lipinski definition) is 2. The average Bonchev–Trinajstić information content (AvgIpc) is 2.41. The molecule has 0 aromatic heterocycles. The standard InChI is InChI=1S/C13H19NO3/c15-13(11-4-2-1-3-5-11)10-16-9-12-8-14-6-7-17-12/h1-5,12-15H,6-10H2/t12-,13+/m1/s1. The topological polar surface area (TPSA) is 50.7 Å². The Kier molecular flexibility index (Phi) is 4.94. The molecule has 1 heterocycles. The fraction of sp³-hybridized carbons (Fsp3) is 0.538. The molecule has 0 unspecified atom stereocenters. The molecule has 2 N–H and O–H groups in total. The molecule has 1 saturated heterocycles. The van der Waals surface area contributed by atoms with E-state index in [9.17, 15) is 5.11 Å². The zero-order valence-electron chi connectivity index (χ0n) is 9.84. The van der Waals surface area contributed by atoms with Crippen molar-refractivity contribution >= 4 is 0 Å². The highest BCUT2D eigenvalue weighted by Crippen LogP contribution is 2.12. The van der Waals surface area contributed by atoms with E-state index in [0.29, 0.717) is 13.2 Å². The Balaban J connectivity index is 1.67. The second-order valence-corrected chi connectivity index (χ2v) is 4.16. The van der Waals surface area contributed by atoms with E-state index >= 15 is 0 Å². The molecule has 1 aliphatic rings. The highest BCUT2D eigenvalue weighted by molar-refractivity contribution is 5.17. The van der Waals surface area contributed by atoms with E-state index in [2.05, 4.69) is 5.32 Å². The Hall–Kier alpha value is -0.940. The van der Waals surface area contributed by atoms with Gasteiger partial charge in [0.15, 0.2) is 0 Å². The second-order valence-electron chi connectivity index (χ2n) is 4.16. The fourth-order valence-electron chi connectivity index (χ4n) is 1.81. The van der Waals surface area contributed by atoms with Gasteiger partial charge in [0.1, 0.15) is 6.10 Å². The smallest absolute Gasteiger partial charge is 0.102 e. The molecule has 4 nitrogen and oxygen atoms in total. The molecule has 0 aliphatic carbocycles. The van der Waals surface area contributed by atoms with E-state index in [1.165, 1.54) is 0 Å². The Morgan fingerprint density at radius 3 is 2.94 bits per heavy atom. The van der Waals surface area contributed by atoms with Gasteiger partial charge in [-0.05, 0) is 5.56 Å². The minimum absolute atomic E-state index is 0.103. The average molecular weight is 237 g/mol. The van der Waals surface area contributed by atoms with Crippen LogP contribution in [0.3, 0.4) is 0 Å². The molecular formula is C13H19NO3. The van der Waals surface area contributed by atoms with Crippen molar-refractivity contribution in [3.05, 3.63) is 35.9 Å². The van der Waals surface area contributed by atoms with Gasteiger partial charge in [0.05, 0.1) is 25.9 Å². The van der Waals surface area contributed by atoms with Crippen molar-refractivity contribution in [2.24, 2.45) is 0 Å². The van der Waals surface area contributed by atoms with E-state index in [1.54, 1.807) is 0 Å². The van der Waals surface area contributed by atoms with Crippen molar-refractivity contribution in [2.75, 3.05) is 32.9 Å². The molecule has 0 spiro atoms. The van der Waals surface area contributed by atoms with E-state index in [-0.39, 0.29) is 6.10 Å². The summed E-state index contributed by atoms with van der Waals surface area (Å²) in [6.07, 6.45) is -0.459. The van der Waals surface area contributed by atoms with E-state index in [0.717, 1.165) is 25.3 Å². The Bertz CT molecular complexity index is 312. The van der Waals surface area contributed by atoms with Crippen LogP contribution in [0, 0.1) is 0 Å². The molecular weight excluding hydrogens is 218 g/mol. The molecule has 0 saturated carbocycles. The summed E-state index contributed by atoms with van der Waals surface area (Å²) in [5, 5.41) is 13.1. The number of benzene rings is 1. The van der Waals surface area contributed by atoms with Gasteiger partial charge in [-0.2, -0.15) is 0 Å². The summed E-state index contributed by atoms with van der Waals surface area (Å²) >= 11 is 0. The zero-order chi connectivity index (χ0) is 11.9. The lowest BCUT2D eigenvalue weighted by Crippen LogP contribution is -2.41. The molecule has 2 atom stereocenters. The fourth-order valence-corrected chi connectivity index (χ4v) is 1.81. The van der Waals surface area contributed by atoms with Gasteiger partial charge in [-0.25, -0.2) is 0 Å². The lowest BCUT2D eigenvalue weighted by molar-refractivity contribution is -0.0501. The predicted octanol–water partition coefficient (Wildman–Crippen LogP) is 0.725. The molecule has 0 bridgehead atoms. The van der Waals surface area contributed by atoms with Crippen LogP contribution in [-0.4, -0.2) is 44.1 Å². The van der Waals surface area contributed by atoms with E-state index in [1.807, 2.05) is 30.3 Å². The molecule has 0 radical (unpaired) electrons. The maximum absolute atomic E-state index is 9.87. The van der Waals surface area contributed by atoms with Crippen LogP contribution in [0.5, 0.6) is 0 Å². The summed E-state index contributed by atoms with van der Waals surface area (Å²) in [6, 6.07) is 9.54. The second kappa shape index (κ2) is 6.71. The Morgan fingerprint density at radius 2 is 2.24 bits per heavy atom. The molecule has 1 aromatic rings. The highest BCUT2D eigenvalue weighted by atomic mass is 16.5. The van der Waals surface area contributed by atoms with Crippen molar-refractivity contribution in [1.29, 1.82) is 0 Å². The lowest BCUT2D eigenvalue weighted by Gasteiger charge is -2.23. The summed E-state index contributed by atoms with van der Waals surface area (Å²) in [4.78, 5) is 0. The summed E-state index contributed by atoms with van der Waals surface area (Å²) in [7, 11) is 0. The molecule has 94 valence electrons. The lowest BCUT2D eigenvalue weighted by atomic mass is 10.1. The van der Waals surface area contributed by atoms with Crippen LogP contribution in [-0.2, 0) is 9.47 Å². The number of ether oxygens (including phenoxy) is 2. The first-order chi connectivity index (χ1) is 8.36. The maximum Gasteiger partial charge on any atom is 0.102 e. The molecule has 0 amide bonds. The Labute approximate surface area is 102 Å². The van der Waals surface area contributed by atoms with Crippen LogP contribution < -0.4 is 5.32 Å². The van der Waals surface area contributed by atoms with Gasteiger partial charge in [0, 0.05) is 13.1 Å². The molecule has 4 heteroatoms. The van der Waals surface area contributed by atoms with Gasteiger partial charge in [-0.15, -0.1) is 0 Å². The van der Waals surface area contributed by atoms with Crippen molar-refractivity contribution in [2.45, 2.75) is 12.2 Å². The number of rotatable bonds is 5. The normalized spacial score (nSPS) is 22.3. The molecule has 1 aliphatic heterocycles. The summed E-state index contributed by atoms with van der Waals surface area (Å²) in [5.74, 6) is 0. The Morgan fingerprint density at radius 1 is 1.41 bits per heavy atom. The van der Waals surface area contributed by atoms with Crippen LogP contribution in [0.4, 0.5) is 0 Å². The molecule has 2 rings (SSSR count). The van der Waals surface area contributed by atoms with Gasteiger partial charge in [0.2, 0.25) is 0 Å². The van der Waals surface area contributed by atoms with Crippen LogP contribution in [0.25, 0.3) is 0 Å². The summed E-state index contributed by atoms with van der Waals surface area (Å²) < 4.78 is 11.0. The minimum atomic E-state index is -0.562. The third kappa shape index (κ3) is 4.09. The number of hydrogen-bond acceptors (Lipinski definition) is 4. The number of aliphatic hydroxyl groups is 1. The first-order valence-corrected chi connectivity index (χ1v) is 5.99. The third-order valence-corrected chi connectivity index (χ3v) is 2.77.